The van der Waals surface area contributed by atoms with Crippen LogP contribution in [-0.2, 0) is 27.2 Å². The van der Waals surface area contributed by atoms with Gasteiger partial charge in [0.05, 0.1) is 25.0 Å². The number of piperazine rings is 1. The lowest BCUT2D eigenvalue weighted by atomic mass is 9.81. The zero-order chi connectivity index (χ0) is 26.5. The van der Waals surface area contributed by atoms with Crippen LogP contribution in [0.25, 0.3) is 16.9 Å². The average Bonchev–Trinajstić information content (AvgIpc) is 3.26. The van der Waals surface area contributed by atoms with Crippen molar-refractivity contribution in [3.05, 3.63) is 22.0 Å². The van der Waals surface area contributed by atoms with Gasteiger partial charge >= 0.3 is 12.1 Å². The molecule has 200 valence electrons. The molecular formula is C25H34N6O6. The lowest BCUT2D eigenvalue weighted by Gasteiger charge is -2.54. The molecule has 2 aliphatic heterocycles. The summed E-state index contributed by atoms with van der Waals surface area (Å²) in [6, 6.07) is -0.123. The van der Waals surface area contributed by atoms with E-state index in [1.54, 1.807) is 9.47 Å². The number of fused-ring (bicyclic) bond motifs is 2. The summed E-state index contributed by atoms with van der Waals surface area (Å²) in [5, 5.41) is 18.8. The summed E-state index contributed by atoms with van der Waals surface area (Å²) < 4.78 is 12.6. The molecular weight excluding hydrogens is 480 g/mol. The SMILES string of the molecule is CCc1c(N2CCN(C(=O)OC(C)(C)C)[C@H]3CC[C@@H]32)c(=O)c2nn(C3=CCOCC3)nc2n1CC(=O)O. The Labute approximate surface area is 214 Å². The van der Waals surface area contributed by atoms with Crippen molar-refractivity contribution in [1.82, 2.24) is 24.5 Å². The van der Waals surface area contributed by atoms with Crippen LogP contribution in [0.15, 0.2) is 10.9 Å². The second kappa shape index (κ2) is 9.47. The highest BCUT2D eigenvalue weighted by molar-refractivity contribution is 5.80. The molecule has 12 heteroatoms. The molecule has 2 atom stereocenters. The molecule has 1 N–H and O–H groups in total. The molecule has 2 aromatic rings. The number of rotatable bonds is 5. The van der Waals surface area contributed by atoms with E-state index in [1.165, 1.54) is 4.80 Å². The maximum atomic E-state index is 14.0. The van der Waals surface area contributed by atoms with Gasteiger partial charge < -0.3 is 28.9 Å². The molecule has 5 rings (SSSR count). The first-order valence-electron chi connectivity index (χ1n) is 12.9. The molecule has 0 bridgehead atoms. The van der Waals surface area contributed by atoms with Gasteiger partial charge in [-0.15, -0.1) is 10.2 Å². The molecule has 0 spiro atoms. The highest BCUT2D eigenvalue weighted by Crippen LogP contribution is 2.38. The number of anilines is 1. The Morgan fingerprint density at radius 3 is 2.54 bits per heavy atom. The fourth-order valence-corrected chi connectivity index (χ4v) is 5.48. The summed E-state index contributed by atoms with van der Waals surface area (Å²) in [5.74, 6) is -1.03. The quantitative estimate of drug-likeness (QED) is 0.637. The van der Waals surface area contributed by atoms with Crippen LogP contribution in [0.2, 0.25) is 0 Å². The maximum Gasteiger partial charge on any atom is 0.410 e. The fourth-order valence-electron chi connectivity index (χ4n) is 5.48. The summed E-state index contributed by atoms with van der Waals surface area (Å²) >= 11 is 0. The van der Waals surface area contributed by atoms with Crippen molar-refractivity contribution in [2.75, 3.05) is 31.2 Å². The molecule has 12 nitrogen and oxygen atoms in total. The predicted octanol–water partition coefficient (Wildman–Crippen LogP) is 2.09. The number of carboxylic acid groups (broad SMARTS) is 1. The summed E-state index contributed by atoms with van der Waals surface area (Å²) in [7, 11) is 0. The van der Waals surface area contributed by atoms with E-state index in [4.69, 9.17) is 9.47 Å². The second-order valence-corrected chi connectivity index (χ2v) is 10.7. The number of aromatic nitrogens is 4. The van der Waals surface area contributed by atoms with Crippen molar-refractivity contribution in [3.8, 4) is 0 Å². The van der Waals surface area contributed by atoms with Gasteiger partial charge in [-0.05, 0) is 46.1 Å². The van der Waals surface area contributed by atoms with Crippen molar-refractivity contribution < 1.29 is 24.2 Å². The highest BCUT2D eigenvalue weighted by Gasteiger charge is 2.47. The number of carbonyl (C=O) groups excluding carboxylic acids is 1. The van der Waals surface area contributed by atoms with E-state index in [-0.39, 0.29) is 41.3 Å². The second-order valence-electron chi connectivity index (χ2n) is 10.7. The minimum Gasteiger partial charge on any atom is -0.480 e. The zero-order valence-corrected chi connectivity index (χ0v) is 21.8. The fraction of sp³-hybridized carbons (Fsp3) is 0.640. The van der Waals surface area contributed by atoms with Crippen LogP contribution in [0.5, 0.6) is 0 Å². The normalized spacial score (nSPS) is 21.9. The van der Waals surface area contributed by atoms with E-state index in [2.05, 4.69) is 15.1 Å². The molecule has 37 heavy (non-hydrogen) atoms. The van der Waals surface area contributed by atoms with Gasteiger partial charge in [-0.1, -0.05) is 6.92 Å². The van der Waals surface area contributed by atoms with E-state index in [0.29, 0.717) is 50.5 Å². The average molecular weight is 515 g/mol. The molecule has 1 saturated heterocycles. The number of carbonyl (C=O) groups is 2. The van der Waals surface area contributed by atoms with Crippen LogP contribution < -0.4 is 10.3 Å². The van der Waals surface area contributed by atoms with Crippen molar-refractivity contribution in [2.45, 2.75) is 77.6 Å². The molecule has 2 aromatic heterocycles. The topological polar surface area (TPSA) is 132 Å². The molecule has 1 saturated carbocycles. The van der Waals surface area contributed by atoms with Crippen LogP contribution in [0.3, 0.4) is 0 Å². The number of amides is 1. The molecule has 3 aliphatic rings. The van der Waals surface area contributed by atoms with Crippen LogP contribution in [0.1, 0.15) is 52.7 Å². The van der Waals surface area contributed by atoms with Crippen LogP contribution in [0, 0.1) is 0 Å². The van der Waals surface area contributed by atoms with Crippen LogP contribution >= 0.6 is 0 Å². The molecule has 2 fully saturated rings. The first-order chi connectivity index (χ1) is 17.6. The minimum absolute atomic E-state index is 0.0526. The van der Waals surface area contributed by atoms with Crippen LogP contribution in [0.4, 0.5) is 10.5 Å². The number of hydrogen-bond donors (Lipinski definition) is 1. The minimum atomic E-state index is -1.03. The van der Waals surface area contributed by atoms with E-state index in [1.807, 2.05) is 33.8 Å². The third-order valence-electron chi connectivity index (χ3n) is 7.21. The Morgan fingerprint density at radius 1 is 1.19 bits per heavy atom. The number of pyridine rings is 1. The van der Waals surface area contributed by atoms with Gasteiger partial charge in [0.25, 0.3) is 0 Å². The van der Waals surface area contributed by atoms with Crippen molar-refractivity contribution in [1.29, 1.82) is 0 Å². The molecule has 1 aliphatic carbocycles. The highest BCUT2D eigenvalue weighted by atomic mass is 16.6. The van der Waals surface area contributed by atoms with Crippen LogP contribution in [-0.4, -0.2) is 85.6 Å². The van der Waals surface area contributed by atoms with Gasteiger partial charge in [-0.2, -0.15) is 4.80 Å². The van der Waals surface area contributed by atoms with Gasteiger partial charge in [0.15, 0.2) is 11.2 Å². The zero-order valence-electron chi connectivity index (χ0n) is 21.8. The Morgan fingerprint density at radius 2 is 1.95 bits per heavy atom. The Balaban J connectivity index is 1.58. The van der Waals surface area contributed by atoms with Gasteiger partial charge in [0.2, 0.25) is 5.43 Å². The van der Waals surface area contributed by atoms with Gasteiger partial charge in [-0.3, -0.25) is 9.59 Å². The van der Waals surface area contributed by atoms with Crippen molar-refractivity contribution in [2.24, 2.45) is 0 Å². The van der Waals surface area contributed by atoms with Crippen molar-refractivity contribution in [3.63, 3.8) is 0 Å². The summed E-state index contributed by atoms with van der Waals surface area (Å²) in [4.78, 5) is 43.9. The largest absolute Gasteiger partial charge is 0.480 e. The Hall–Kier alpha value is -3.41. The maximum absolute atomic E-state index is 14.0. The molecule has 0 unspecified atom stereocenters. The van der Waals surface area contributed by atoms with E-state index in [9.17, 15) is 19.5 Å². The number of ether oxygens (including phenoxy) is 2. The lowest BCUT2D eigenvalue weighted by Crippen LogP contribution is -2.67. The number of nitrogens with zero attached hydrogens (tertiary/aromatic N) is 6. The van der Waals surface area contributed by atoms with Crippen molar-refractivity contribution >= 4 is 34.6 Å². The number of carboxylic acids is 1. The Kier molecular flexibility index (Phi) is 6.47. The monoisotopic (exact) mass is 514 g/mol. The van der Waals surface area contributed by atoms with Gasteiger partial charge in [-0.25, -0.2) is 4.79 Å². The predicted molar refractivity (Wildman–Crippen MR) is 136 cm³/mol. The third kappa shape index (κ3) is 4.58. The molecule has 0 aromatic carbocycles. The molecule has 1 amide bonds. The first kappa shape index (κ1) is 25.2. The summed E-state index contributed by atoms with van der Waals surface area (Å²) in [6.45, 7) is 8.92. The number of hydrogen-bond acceptors (Lipinski definition) is 8. The smallest absolute Gasteiger partial charge is 0.410 e. The van der Waals surface area contributed by atoms with Gasteiger partial charge in [0, 0.05) is 31.2 Å². The van der Waals surface area contributed by atoms with E-state index >= 15 is 0 Å². The number of aliphatic carboxylic acids is 1. The molecule has 0 radical (unpaired) electrons. The standard InChI is InChI=1S/C25H34N6O6/c1-5-16-21(28-10-11-29(18-7-6-17(18)28)24(35)37-25(2,3)4)22(34)20-23(30(16)14-19(32)33)27-31(26-20)15-8-12-36-13-9-15/h8,17-18H,5-7,9-14H2,1-4H3,(H,32,33)/t17-,18-/m0/s1. The van der Waals surface area contributed by atoms with Gasteiger partial charge in [0.1, 0.15) is 17.8 Å². The lowest BCUT2D eigenvalue weighted by molar-refractivity contribution is -0.137. The summed E-state index contributed by atoms with van der Waals surface area (Å²) in [5.41, 5.74) is 1.44. The Bertz CT molecular complexity index is 1320. The van der Waals surface area contributed by atoms with E-state index in [0.717, 1.165) is 18.5 Å². The summed E-state index contributed by atoms with van der Waals surface area (Å²) in [6.07, 6.45) is 4.20. The molecule has 4 heterocycles. The van der Waals surface area contributed by atoms with E-state index < -0.39 is 11.6 Å². The first-order valence-corrected chi connectivity index (χ1v) is 12.9. The third-order valence-corrected chi connectivity index (χ3v) is 7.21.